The van der Waals surface area contributed by atoms with Gasteiger partial charge in [0.1, 0.15) is 11.9 Å². The molecular weight excluding hydrogens is 240 g/mol. The van der Waals surface area contributed by atoms with Crippen molar-refractivity contribution in [3.05, 3.63) is 36.0 Å². The number of methoxy groups -OCH3 is 1. The van der Waals surface area contributed by atoms with Crippen LogP contribution in [0.4, 0.5) is 0 Å². The first kappa shape index (κ1) is 12.4. The Morgan fingerprint density at radius 3 is 2.84 bits per heavy atom. The quantitative estimate of drug-likeness (QED) is 0.900. The van der Waals surface area contributed by atoms with E-state index >= 15 is 0 Å². The molecule has 100 valence electrons. The maximum absolute atomic E-state index is 5.74. The number of benzene rings is 1. The van der Waals surface area contributed by atoms with Crippen molar-refractivity contribution in [1.82, 2.24) is 5.32 Å². The molecule has 3 rings (SSSR count). The summed E-state index contributed by atoms with van der Waals surface area (Å²) in [5.74, 6) is 0.878. The lowest BCUT2D eigenvalue weighted by atomic mass is 10.0. The lowest BCUT2D eigenvalue weighted by Crippen LogP contribution is -2.42. The summed E-state index contributed by atoms with van der Waals surface area (Å²) < 4.78 is 10.9. The highest BCUT2D eigenvalue weighted by molar-refractivity contribution is 6.01. The summed E-state index contributed by atoms with van der Waals surface area (Å²) in [6.07, 6.45) is 2.95. The molecule has 19 heavy (non-hydrogen) atoms. The van der Waals surface area contributed by atoms with Crippen LogP contribution >= 0.6 is 0 Å². The first-order valence-corrected chi connectivity index (χ1v) is 6.59. The van der Waals surface area contributed by atoms with Crippen LogP contribution < -0.4 is 10.1 Å². The molecule has 2 aliphatic rings. The maximum atomic E-state index is 5.74. The number of allylic oxidation sites excluding steroid dienone is 1. The second-order valence-electron chi connectivity index (χ2n) is 4.74. The Balaban J connectivity index is 1.65. The summed E-state index contributed by atoms with van der Waals surface area (Å²) in [6, 6.07) is 8.10. The second kappa shape index (κ2) is 5.55. The van der Waals surface area contributed by atoms with E-state index in [1.165, 1.54) is 11.1 Å². The van der Waals surface area contributed by atoms with Gasteiger partial charge in [-0.25, -0.2) is 0 Å². The molecule has 2 aliphatic heterocycles. The van der Waals surface area contributed by atoms with Crippen molar-refractivity contribution in [2.24, 2.45) is 4.99 Å². The number of nitrogens with zero attached hydrogens (tertiary/aromatic N) is 1. The average molecular weight is 258 g/mol. The first-order valence-electron chi connectivity index (χ1n) is 6.59. The molecule has 0 spiro atoms. The van der Waals surface area contributed by atoms with E-state index in [2.05, 4.69) is 22.4 Å². The lowest BCUT2D eigenvalue weighted by Gasteiger charge is -2.23. The van der Waals surface area contributed by atoms with Gasteiger partial charge in [0.25, 0.3) is 0 Å². The molecule has 4 heteroatoms. The van der Waals surface area contributed by atoms with Crippen molar-refractivity contribution in [2.75, 3.05) is 26.8 Å². The molecule has 1 unspecified atom stereocenters. The van der Waals surface area contributed by atoms with Crippen LogP contribution in [0.2, 0.25) is 0 Å². The monoisotopic (exact) mass is 258 g/mol. The minimum absolute atomic E-state index is 0.126. The molecule has 1 atom stereocenters. The fourth-order valence-corrected chi connectivity index (χ4v) is 2.41. The van der Waals surface area contributed by atoms with Gasteiger partial charge in [-0.3, -0.25) is 4.99 Å². The van der Waals surface area contributed by atoms with Crippen molar-refractivity contribution in [2.45, 2.75) is 12.5 Å². The number of nitrogens with one attached hydrogen (secondary N) is 1. The van der Waals surface area contributed by atoms with Crippen LogP contribution in [-0.2, 0) is 4.74 Å². The van der Waals surface area contributed by atoms with E-state index in [4.69, 9.17) is 9.47 Å². The molecule has 0 amide bonds. The molecular formula is C15H18N2O2. The van der Waals surface area contributed by atoms with Gasteiger partial charge < -0.3 is 14.8 Å². The summed E-state index contributed by atoms with van der Waals surface area (Å²) in [5, 5.41) is 3.34. The molecule has 4 nitrogen and oxygen atoms in total. The number of ether oxygens (including phenoxy) is 2. The summed E-state index contributed by atoms with van der Waals surface area (Å²) in [6.45, 7) is 2.56. The molecule has 0 aliphatic carbocycles. The summed E-state index contributed by atoms with van der Waals surface area (Å²) in [7, 11) is 1.68. The fraction of sp³-hybridized carbons (Fsp3) is 0.400. The minimum Gasteiger partial charge on any atom is -0.497 e. The van der Waals surface area contributed by atoms with Crippen LogP contribution in [0.5, 0.6) is 5.75 Å². The normalized spacial score (nSPS) is 22.9. The predicted octanol–water partition coefficient (Wildman–Crippen LogP) is 1.87. The zero-order valence-electron chi connectivity index (χ0n) is 11.1. The van der Waals surface area contributed by atoms with Gasteiger partial charge in [0.05, 0.1) is 19.4 Å². The summed E-state index contributed by atoms with van der Waals surface area (Å²) in [5.41, 5.74) is 3.56. The number of aliphatic imine (C=N–C) groups is 1. The van der Waals surface area contributed by atoms with Gasteiger partial charge in [-0.15, -0.1) is 0 Å². The van der Waals surface area contributed by atoms with Crippen LogP contribution in [-0.4, -0.2) is 38.6 Å². The SMILES string of the molecule is COc1ccc(C2=CN=C(C3CNCCO3)C2)cc1. The second-order valence-corrected chi connectivity index (χ2v) is 4.74. The lowest BCUT2D eigenvalue weighted by molar-refractivity contribution is 0.0705. The largest absolute Gasteiger partial charge is 0.497 e. The van der Waals surface area contributed by atoms with Gasteiger partial charge >= 0.3 is 0 Å². The van der Waals surface area contributed by atoms with E-state index < -0.39 is 0 Å². The molecule has 2 heterocycles. The smallest absolute Gasteiger partial charge is 0.118 e. The van der Waals surface area contributed by atoms with Crippen molar-refractivity contribution < 1.29 is 9.47 Å². The van der Waals surface area contributed by atoms with Crippen LogP contribution in [0.25, 0.3) is 5.57 Å². The fourth-order valence-electron chi connectivity index (χ4n) is 2.41. The van der Waals surface area contributed by atoms with Crippen LogP contribution in [0.3, 0.4) is 0 Å². The van der Waals surface area contributed by atoms with E-state index in [1.54, 1.807) is 7.11 Å². The third-order valence-corrected chi connectivity index (χ3v) is 3.52. The van der Waals surface area contributed by atoms with Crippen LogP contribution in [0.1, 0.15) is 12.0 Å². The number of rotatable bonds is 3. The highest BCUT2D eigenvalue weighted by atomic mass is 16.5. The van der Waals surface area contributed by atoms with Gasteiger partial charge in [0, 0.05) is 25.7 Å². The van der Waals surface area contributed by atoms with Crippen LogP contribution in [0.15, 0.2) is 35.5 Å². The highest BCUT2D eigenvalue weighted by Crippen LogP contribution is 2.27. The number of morpholine rings is 1. The Morgan fingerprint density at radius 1 is 1.32 bits per heavy atom. The Bertz CT molecular complexity index is 499. The zero-order valence-corrected chi connectivity index (χ0v) is 11.1. The number of hydrogen-bond acceptors (Lipinski definition) is 4. The molecule has 0 saturated carbocycles. The Morgan fingerprint density at radius 2 is 2.16 bits per heavy atom. The topological polar surface area (TPSA) is 42.8 Å². The van der Waals surface area contributed by atoms with Gasteiger partial charge in [-0.2, -0.15) is 0 Å². The summed E-state index contributed by atoms with van der Waals surface area (Å²) in [4.78, 5) is 4.52. The Kier molecular flexibility index (Phi) is 3.62. The van der Waals surface area contributed by atoms with E-state index in [-0.39, 0.29) is 6.10 Å². The highest BCUT2D eigenvalue weighted by Gasteiger charge is 2.23. The van der Waals surface area contributed by atoms with Crippen molar-refractivity contribution in [1.29, 1.82) is 0 Å². The van der Waals surface area contributed by atoms with Crippen LogP contribution in [0, 0.1) is 0 Å². The molecule has 1 N–H and O–H groups in total. The van der Waals surface area contributed by atoms with Crippen molar-refractivity contribution in [3.63, 3.8) is 0 Å². The third-order valence-electron chi connectivity index (χ3n) is 3.52. The Hall–Kier alpha value is -1.65. The van der Waals surface area contributed by atoms with E-state index in [0.29, 0.717) is 0 Å². The molecule has 0 aromatic heterocycles. The maximum Gasteiger partial charge on any atom is 0.118 e. The molecule has 1 aromatic carbocycles. The molecule has 0 radical (unpaired) electrons. The van der Waals surface area contributed by atoms with Gasteiger partial charge in [-0.05, 0) is 23.3 Å². The number of hydrogen-bond donors (Lipinski definition) is 1. The molecule has 1 fully saturated rings. The van der Waals surface area contributed by atoms with Gasteiger partial charge in [-0.1, -0.05) is 12.1 Å². The minimum atomic E-state index is 0.126. The molecule has 1 aromatic rings. The zero-order chi connectivity index (χ0) is 13.1. The van der Waals surface area contributed by atoms with E-state index in [1.807, 2.05) is 18.3 Å². The van der Waals surface area contributed by atoms with Crippen molar-refractivity contribution >= 4 is 11.3 Å². The molecule has 0 bridgehead atoms. The van der Waals surface area contributed by atoms with E-state index in [9.17, 15) is 0 Å². The first-order chi connectivity index (χ1) is 9.36. The predicted molar refractivity (Wildman–Crippen MR) is 75.6 cm³/mol. The standard InChI is InChI=1S/C15H18N2O2/c1-18-13-4-2-11(3-5-13)12-8-14(17-9-12)15-10-16-6-7-19-15/h2-5,9,15-16H,6-8,10H2,1H3. The van der Waals surface area contributed by atoms with E-state index in [0.717, 1.165) is 37.6 Å². The summed E-state index contributed by atoms with van der Waals surface area (Å²) >= 11 is 0. The average Bonchev–Trinajstić information content (AvgIpc) is 2.98. The molecule has 1 saturated heterocycles. The Labute approximate surface area is 113 Å². The van der Waals surface area contributed by atoms with Crippen molar-refractivity contribution in [3.8, 4) is 5.75 Å². The third kappa shape index (κ3) is 2.69. The van der Waals surface area contributed by atoms with Gasteiger partial charge in [0.2, 0.25) is 0 Å². The van der Waals surface area contributed by atoms with Gasteiger partial charge in [0.15, 0.2) is 0 Å².